The Hall–Kier alpha value is -3.23. The Labute approximate surface area is 188 Å². The molecule has 0 bridgehead atoms. The number of nitrogens with zero attached hydrogens (tertiary/aromatic N) is 6. The van der Waals surface area contributed by atoms with Crippen molar-refractivity contribution in [2.45, 2.75) is 19.4 Å². The monoisotopic (exact) mass is 486 g/mol. The number of aliphatic hydroxyl groups is 1. The summed E-state index contributed by atoms with van der Waals surface area (Å²) in [5.41, 5.74) is 2.17. The minimum atomic E-state index is -0.0875. The van der Waals surface area contributed by atoms with Gasteiger partial charge in [0.2, 0.25) is 11.9 Å². The number of aliphatic hydroxyl groups excluding tert-OH is 1. The number of carbonyl (C=O) groups excluding carboxylic acids is 1. The van der Waals surface area contributed by atoms with E-state index in [4.69, 9.17) is 5.11 Å². The summed E-state index contributed by atoms with van der Waals surface area (Å²) in [5.74, 6) is 0.741. The fourth-order valence-electron chi connectivity index (χ4n) is 2.81. The Bertz CT molecular complexity index is 1120. The standard InChI is InChI=1S/C20H23BrN8O2/c1-28(2)16(31)11-29-12-24-17-18(25-15-8-13(10-22)7-14(21)9-15)26-20(27-19(17)29)23-5-3-4-6-30/h7-9,12,30H,3-6,11H2,1-2H3,(H2,23,25,26,27). The van der Waals surface area contributed by atoms with Gasteiger partial charge in [-0.3, -0.25) is 4.79 Å². The number of nitriles is 1. The van der Waals surface area contributed by atoms with Crippen LogP contribution in [0.2, 0.25) is 0 Å². The summed E-state index contributed by atoms with van der Waals surface area (Å²) in [7, 11) is 3.38. The maximum Gasteiger partial charge on any atom is 0.242 e. The summed E-state index contributed by atoms with van der Waals surface area (Å²) in [5, 5.41) is 24.6. The largest absolute Gasteiger partial charge is 0.396 e. The molecule has 31 heavy (non-hydrogen) atoms. The average Bonchev–Trinajstić information content (AvgIpc) is 3.13. The number of amides is 1. The number of nitrogens with one attached hydrogen (secondary N) is 2. The molecule has 0 aliphatic rings. The number of fused-ring (bicyclic) bond motifs is 1. The Morgan fingerprint density at radius 3 is 2.81 bits per heavy atom. The van der Waals surface area contributed by atoms with Gasteiger partial charge in [-0.15, -0.1) is 0 Å². The van der Waals surface area contributed by atoms with Gasteiger partial charge in [-0.25, -0.2) is 4.98 Å². The summed E-state index contributed by atoms with van der Waals surface area (Å²) in [6.07, 6.45) is 2.99. The number of unbranched alkanes of at least 4 members (excludes halogenated alkanes) is 1. The van der Waals surface area contributed by atoms with E-state index in [9.17, 15) is 10.1 Å². The summed E-state index contributed by atoms with van der Waals surface area (Å²) in [4.78, 5) is 27.2. The SMILES string of the molecule is CN(C)C(=O)Cn1cnc2c(Nc3cc(Br)cc(C#N)c3)nc(NCCCCO)nc21. The number of likely N-dealkylation sites (N-methyl/N-ethyl adjacent to an activating group) is 1. The average molecular weight is 487 g/mol. The molecule has 2 heterocycles. The molecular weight excluding hydrogens is 464 g/mol. The molecule has 0 aliphatic heterocycles. The smallest absolute Gasteiger partial charge is 0.242 e. The van der Waals surface area contributed by atoms with Crippen LogP contribution in [0.1, 0.15) is 18.4 Å². The number of anilines is 3. The van der Waals surface area contributed by atoms with Gasteiger partial charge in [-0.1, -0.05) is 15.9 Å². The Kier molecular flexibility index (Phi) is 7.38. The topological polar surface area (TPSA) is 132 Å². The molecule has 162 valence electrons. The third-order valence-corrected chi connectivity index (χ3v) is 4.88. The van der Waals surface area contributed by atoms with Crippen molar-refractivity contribution < 1.29 is 9.90 Å². The Morgan fingerprint density at radius 2 is 2.10 bits per heavy atom. The molecule has 3 aromatic rings. The van der Waals surface area contributed by atoms with E-state index < -0.39 is 0 Å². The van der Waals surface area contributed by atoms with Crippen LogP contribution in [0.5, 0.6) is 0 Å². The highest BCUT2D eigenvalue weighted by Gasteiger charge is 2.16. The zero-order valence-corrected chi connectivity index (χ0v) is 18.8. The summed E-state index contributed by atoms with van der Waals surface area (Å²) < 4.78 is 2.43. The highest BCUT2D eigenvalue weighted by atomic mass is 79.9. The van der Waals surface area contributed by atoms with Crippen LogP contribution in [0.3, 0.4) is 0 Å². The Balaban J connectivity index is 1.99. The van der Waals surface area contributed by atoms with Crippen molar-refractivity contribution in [2.75, 3.05) is 37.9 Å². The molecule has 3 N–H and O–H groups in total. The number of hydrogen-bond donors (Lipinski definition) is 3. The molecule has 0 atom stereocenters. The first-order valence-electron chi connectivity index (χ1n) is 9.66. The third kappa shape index (κ3) is 5.68. The van der Waals surface area contributed by atoms with Crippen molar-refractivity contribution in [1.82, 2.24) is 24.4 Å². The van der Waals surface area contributed by atoms with Crippen molar-refractivity contribution in [1.29, 1.82) is 5.26 Å². The van der Waals surface area contributed by atoms with Crippen LogP contribution in [-0.4, -0.2) is 62.7 Å². The van der Waals surface area contributed by atoms with Crippen molar-refractivity contribution in [3.8, 4) is 6.07 Å². The lowest BCUT2D eigenvalue weighted by atomic mass is 10.2. The first-order valence-corrected chi connectivity index (χ1v) is 10.5. The lowest BCUT2D eigenvalue weighted by Crippen LogP contribution is -2.26. The van der Waals surface area contributed by atoms with E-state index in [0.717, 1.165) is 10.9 Å². The quantitative estimate of drug-likeness (QED) is 0.393. The minimum absolute atomic E-state index is 0.0875. The first kappa shape index (κ1) is 22.5. The molecule has 2 aromatic heterocycles. The number of imidazole rings is 1. The zero-order chi connectivity index (χ0) is 22.4. The van der Waals surface area contributed by atoms with Gasteiger partial charge in [0, 0.05) is 37.4 Å². The second-order valence-corrected chi connectivity index (χ2v) is 7.97. The van der Waals surface area contributed by atoms with Gasteiger partial charge in [0.05, 0.1) is 18.0 Å². The van der Waals surface area contributed by atoms with Crippen LogP contribution in [0, 0.1) is 11.3 Å². The lowest BCUT2D eigenvalue weighted by molar-refractivity contribution is -0.129. The molecule has 0 spiro atoms. The van der Waals surface area contributed by atoms with Crippen LogP contribution < -0.4 is 10.6 Å². The number of halogens is 1. The number of hydrogen-bond acceptors (Lipinski definition) is 8. The van der Waals surface area contributed by atoms with Gasteiger partial charge in [-0.2, -0.15) is 15.2 Å². The molecule has 0 saturated carbocycles. The molecule has 0 aliphatic carbocycles. The fraction of sp³-hybridized carbons (Fsp3) is 0.350. The van der Waals surface area contributed by atoms with Crippen LogP contribution in [0.25, 0.3) is 11.2 Å². The maximum absolute atomic E-state index is 12.2. The summed E-state index contributed by atoms with van der Waals surface area (Å²) in [6, 6.07) is 7.38. The molecule has 3 rings (SSSR count). The van der Waals surface area contributed by atoms with E-state index in [1.807, 2.05) is 6.07 Å². The van der Waals surface area contributed by atoms with Gasteiger partial charge < -0.3 is 25.2 Å². The molecule has 11 heteroatoms. The fourth-order valence-corrected chi connectivity index (χ4v) is 3.31. The van der Waals surface area contributed by atoms with Crippen LogP contribution >= 0.6 is 15.9 Å². The predicted molar refractivity (Wildman–Crippen MR) is 121 cm³/mol. The van der Waals surface area contributed by atoms with E-state index in [2.05, 4.69) is 47.6 Å². The second-order valence-electron chi connectivity index (χ2n) is 7.05. The van der Waals surface area contributed by atoms with Gasteiger partial charge in [-0.05, 0) is 31.0 Å². The number of rotatable bonds is 9. The van der Waals surface area contributed by atoms with E-state index in [0.29, 0.717) is 47.1 Å². The number of aromatic nitrogens is 4. The van der Waals surface area contributed by atoms with E-state index in [-0.39, 0.29) is 19.1 Å². The molecular formula is C20H23BrN8O2. The van der Waals surface area contributed by atoms with Crippen molar-refractivity contribution in [3.05, 3.63) is 34.6 Å². The van der Waals surface area contributed by atoms with Crippen molar-refractivity contribution in [2.24, 2.45) is 0 Å². The molecule has 1 aromatic carbocycles. The molecule has 0 fully saturated rings. The zero-order valence-electron chi connectivity index (χ0n) is 17.3. The summed E-state index contributed by atoms with van der Waals surface area (Å²) >= 11 is 3.41. The van der Waals surface area contributed by atoms with E-state index >= 15 is 0 Å². The third-order valence-electron chi connectivity index (χ3n) is 4.43. The Morgan fingerprint density at radius 1 is 1.29 bits per heavy atom. The van der Waals surface area contributed by atoms with Crippen molar-refractivity contribution >= 4 is 50.5 Å². The highest BCUT2D eigenvalue weighted by Crippen LogP contribution is 2.27. The van der Waals surface area contributed by atoms with E-state index in [1.165, 1.54) is 4.90 Å². The highest BCUT2D eigenvalue weighted by molar-refractivity contribution is 9.10. The molecule has 1 amide bonds. The van der Waals surface area contributed by atoms with E-state index in [1.54, 1.807) is 37.1 Å². The maximum atomic E-state index is 12.2. The molecule has 0 saturated heterocycles. The molecule has 0 radical (unpaired) electrons. The van der Waals surface area contributed by atoms with Crippen LogP contribution in [0.15, 0.2) is 29.0 Å². The van der Waals surface area contributed by atoms with Gasteiger partial charge in [0.25, 0.3) is 0 Å². The summed E-state index contributed by atoms with van der Waals surface area (Å²) in [6.45, 7) is 0.809. The van der Waals surface area contributed by atoms with Gasteiger partial charge >= 0.3 is 0 Å². The second kappa shape index (κ2) is 10.2. The van der Waals surface area contributed by atoms with Crippen LogP contribution in [0.4, 0.5) is 17.5 Å². The van der Waals surface area contributed by atoms with Crippen LogP contribution in [-0.2, 0) is 11.3 Å². The number of benzene rings is 1. The molecule has 0 unspecified atom stereocenters. The molecule has 10 nitrogen and oxygen atoms in total. The minimum Gasteiger partial charge on any atom is -0.396 e. The van der Waals surface area contributed by atoms with Gasteiger partial charge in [0.1, 0.15) is 6.54 Å². The van der Waals surface area contributed by atoms with Crippen molar-refractivity contribution in [3.63, 3.8) is 0 Å². The normalized spacial score (nSPS) is 10.7. The first-order chi connectivity index (χ1) is 14.9. The number of carbonyl (C=O) groups is 1. The lowest BCUT2D eigenvalue weighted by Gasteiger charge is -2.13. The predicted octanol–water partition coefficient (Wildman–Crippen LogP) is 2.48. The van der Waals surface area contributed by atoms with Gasteiger partial charge in [0.15, 0.2) is 17.0 Å².